The number of ether oxygens (including phenoxy) is 1. The molecule has 3 nitrogen and oxygen atoms in total. The van der Waals surface area contributed by atoms with Gasteiger partial charge in [-0.1, -0.05) is 20.8 Å². The first kappa shape index (κ1) is 10.9. The van der Waals surface area contributed by atoms with Crippen LogP contribution in [0.15, 0.2) is 0 Å². The van der Waals surface area contributed by atoms with Crippen LogP contribution in [0.5, 0.6) is 0 Å². The van der Waals surface area contributed by atoms with Gasteiger partial charge in [-0.05, 0) is 19.3 Å². The number of amides is 1. The van der Waals surface area contributed by atoms with Crippen molar-refractivity contribution in [2.45, 2.75) is 45.6 Å². The average Bonchev–Trinajstić information content (AvgIpc) is 2.12. The van der Waals surface area contributed by atoms with Crippen molar-refractivity contribution in [2.75, 3.05) is 19.8 Å². The second kappa shape index (κ2) is 3.48. The van der Waals surface area contributed by atoms with E-state index in [-0.39, 0.29) is 16.9 Å². The van der Waals surface area contributed by atoms with Crippen LogP contribution in [0.25, 0.3) is 0 Å². The Balaban J connectivity index is 2.15. The lowest BCUT2D eigenvalue weighted by Crippen LogP contribution is -2.64. The van der Waals surface area contributed by atoms with Gasteiger partial charge in [-0.15, -0.1) is 0 Å². The lowest BCUT2D eigenvalue weighted by molar-refractivity contribution is -0.166. The fourth-order valence-corrected chi connectivity index (χ4v) is 2.45. The van der Waals surface area contributed by atoms with Gasteiger partial charge in [0.05, 0.1) is 18.8 Å². The second-order valence-corrected chi connectivity index (χ2v) is 5.84. The largest absolute Gasteiger partial charge is 0.377 e. The molecule has 0 aromatic carbocycles. The number of rotatable bonds is 0. The number of morpholine rings is 1. The molecule has 1 heterocycles. The van der Waals surface area contributed by atoms with Crippen molar-refractivity contribution in [1.82, 2.24) is 4.90 Å². The molecule has 1 aliphatic carbocycles. The van der Waals surface area contributed by atoms with E-state index in [2.05, 4.69) is 4.90 Å². The van der Waals surface area contributed by atoms with Gasteiger partial charge in [0.15, 0.2) is 0 Å². The van der Waals surface area contributed by atoms with E-state index in [9.17, 15) is 4.79 Å². The van der Waals surface area contributed by atoms with Gasteiger partial charge in [-0.3, -0.25) is 4.79 Å². The van der Waals surface area contributed by atoms with E-state index >= 15 is 0 Å². The minimum Gasteiger partial charge on any atom is -0.377 e. The summed E-state index contributed by atoms with van der Waals surface area (Å²) in [6.45, 7) is 8.21. The molecule has 0 atom stereocenters. The summed E-state index contributed by atoms with van der Waals surface area (Å²) in [5.74, 6) is 0.283. The highest BCUT2D eigenvalue weighted by molar-refractivity contribution is 5.82. The van der Waals surface area contributed by atoms with Crippen LogP contribution in [0.3, 0.4) is 0 Å². The maximum absolute atomic E-state index is 12.3. The first-order valence-electron chi connectivity index (χ1n) is 5.86. The summed E-state index contributed by atoms with van der Waals surface area (Å²) in [5.41, 5.74) is -0.206. The Labute approximate surface area is 91.8 Å². The Kier molecular flexibility index (Phi) is 2.53. The van der Waals surface area contributed by atoms with Crippen LogP contribution in [0.1, 0.15) is 40.0 Å². The minimum absolute atomic E-state index is 0.0581. The topological polar surface area (TPSA) is 29.5 Å². The molecule has 0 aromatic heterocycles. The van der Waals surface area contributed by atoms with Crippen LogP contribution in [0.2, 0.25) is 0 Å². The summed E-state index contributed by atoms with van der Waals surface area (Å²) in [7, 11) is 0. The molecule has 1 saturated heterocycles. The van der Waals surface area contributed by atoms with Gasteiger partial charge >= 0.3 is 0 Å². The lowest BCUT2D eigenvalue weighted by Gasteiger charge is -2.54. The van der Waals surface area contributed by atoms with Crippen molar-refractivity contribution in [3.05, 3.63) is 0 Å². The number of carbonyl (C=O) groups is 1. The van der Waals surface area contributed by atoms with Crippen LogP contribution < -0.4 is 0 Å². The minimum atomic E-state index is -0.264. The van der Waals surface area contributed by atoms with Gasteiger partial charge in [0, 0.05) is 12.0 Å². The third-order valence-electron chi connectivity index (χ3n) is 3.57. The van der Waals surface area contributed by atoms with Crippen LogP contribution in [0, 0.1) is 5.41 Å². The second-order valence-electron chi connectivity index (χ2n) is 5.84. The molecule has 0 bridgehead atoms. The molecule has 86 valence electrons. The van der Waals surface area contributed by atoms with Crippen LogP contribution in [-0.4, -0.2) is 36.1 Å². The number of hydrogen-bond acceptors (Lipinski definition) is 2. The average molecular weight is 211 g/mol. The standard InChI is InChI=1S/C12H21NO2/c1-11(2,3)10(14)13-7-8-15-9-12(13)5-4-6-12/h4-9H2,1-3H3. The lowest BCUT2D eigenvalue weighted by atomic mass is 9.74. The van der Waals surface area contributed by atoms with Gasteiger partial charge in [0.2, 0.25) is 5.91 Å². The summed E-state index contributed by atoms with van der Waals surface area (Å²) in [5, 5.41) is 0. The third-order valence-corrected chi connectivity index (χ3v) is 3.57. The Bertz CT molecular complexity index is 263. The molecule has 2 fully saturated rings. The Hall–Kier alpha value is -0.570. The fourth-order valence-electron chi connectivity index (χ4n) is 2.45. The summed E-state index contributed by atoms with van der Waals surface area (Å²) in [6, 6.07) is 0. The van der Waals surface area contributed by atoms with Gasteiger partial charge in [0.1, 0.15) is 0 Å². The SMILES string of the molecule is CC(C)(C)C(=O)N1CCOCC12CCC2. The first-order valence-corrected chi connectivity index (χ1v) is 5.86. The van der Waals surface area contributed by atoms with Crippen molar-refractivity contribution >= 4 is 5.91 Å². The maximum Gasteiger partial charge on any atom is 0.228 e. The van der Waals surface area contributed by atoms with Gasteiger partial charge in [0.25, 0.3) is 0 Å². The predicted molar refractivity (Wildman–Crippen MR) is 58.6 cm³/mol. The monoisotopic (exact) mass is 211 g/mol. The molecule has 2 rings (SSSR count). The first-order chi connectivity index (χ1) is 6.96. The third kappa shape index (κ3) is 1.78. The zero-order valence-corrected chi connectivity index (χ0v) is 10.0. The molecule has 2 aliphatic rings. The molecule has 0 aromatic rings. The van der Waals surface area contributed by atoms with Crippen molar-refractivity contribution in [1.29, 1.82) is 0 Å². The normalized spacial score (nSPS) is 25.1. The smallest absolute Gasteiger partial charge is 0.228 e. The summed E-state index contributed by atoms with van der Waals surface area (Å²) < 4.78 is 5.53. The molecular formula is C12H21NO2. The molecule has 1 amide bonds. The van der Waals surface area contributed by atoms with Crippen LogP contribution in [-0.2, 0) is 9.53 Å². The predicted octanol–water partition coefficient (Wildman–Crippen LogP) is 1.81. The molecule has 15 heavy (non-hydrogen) atoms. The Morgan fingerprint density at radius 2 is 2.00 bits per heavy atom. The van der Waals surface area contributed by atoms with E-state index < -0.39 is 0 Å². The maximum atomic E-state index is 12.3. The zero-order chi connectivity index (χ0) is 11.1. The number of hydrogen-bond donors (Lipinski definition) is 0. The molecular weight excluding hydrogens is 190 g/mol. The molecule has 1 spiro atoms. The summed E-state index contributed by atoms with van der Waals surface area (Å²) >= 11 is 0. The highest BCUT2D eigenvalue weighted by Crippen LogP contribution is 2.41. The van der Waals surface area contributed by atoms with Crippen molar-refractivity contribution in [3.8, 4) is 0 Å². The van der Waals surface area contributed by atoms with E-state index in [0.29, 0.717) is 6.61 Å². The van der Waals surface area contributed by atoms with Crippen molar-refractivity contribution in [3.63, 3.8) is 0 Å². The molecule has 0 unspecified atom stereocenters. The fraction of sp³-hybridized carbons (Fsp3) is 0.917. The number of carbonyl (C=O) groups excluding carboxylic acids is 1. The summed E-state index contributed by atoms with van der Waals surface area (Å²) in [4.78, 5) is 14.4. The van der Waals surface area contributed by atoms with Crippen LogP contribution >= 0.6 is 0 Å². The van der Waals surface area contributed by atoms with Crippen LogP contribution in [0.4, 0.5) is 0 Å². The van der Waals surface area contributed by atoms with Crippen molar-refractivity contribution < 1.29 is 9.53 Å². The van der Waals surface area contributed by atoms with E-state index in [4.69, 9.17) is 4.74 Å². The van der Waals surface area contributed by atoms with E-state index in [1.807, 2.05) is 20.8 Å². The van der Waals surface area contributed by atoms with Gasteiger partial charge in [-0.25, -0.2) is 0 Å². The molecule has 0 N–H and O–H groups in total. The Morgan fingerprint density at radius 1 is 1.33 bits per heavy atom. The van der Waals surface area contributed by atoms with E-state index in [1.165, 1.54) is 6.42 Å². The van der Waals surface area contributed by atoms with Gasteiger partial charge < -0.3 is 9.64 Å². The molecule has 1 saturated carbocycles. The number of nitrogens with zero attached hydrogens (tertiary/aromatic N) is 1. The van der Waals surface area contributed by atoms with E-state index in [0.717, 1.165) is 26.0 Å². The zero-order valence-electron chi connectivity index (χ0n) is 10.0. The molecule has 1 aliphatic heterocycles. The molecule has 3 heteroatoms. The quantitative estimate of drug-likeness (QED) is 0.611. The van der Waals surface area contributed by atoms with Gasteiger partial charge in [-0.2, -0.15) is 0 Å². The Morgan fingerprint density at radius 3 is 2.47 bits per heavy atom. The molecule has 0 radical (unpaired) electrons. The van der Waals surface area contributed by atoms with Crippen molar-refractivity contribution in [2.24, 2.45) is 5.41 Å². The van der Waals surface area contributed by atoms with E-state index in [1.54, 1.807) is 0 Å². The summed E-state index contributed by atoms with van der Waals surface area (Å²) in [6.07, 6.45) is 3.47. The highest BCUT2D eigenvalue weighted by atomic mass is 16.5. The highest BCUT2D eigenvalue weighted by Gasteiger charge is 2.48.